The van der Waals surface area contributed by atoms with E-state index in [1.165, 1.54) is 0 Å². The maximum atomic E-state index is 11.8. The number of amides is 1. The van der Waals surface area contributed by atoms with Gasteiger partial charge in [-0.15, -0.1) is 0 Å². The van der Waals surface area contributed by atoms with Crippen molar-refractivity contribution < 1.29 is 14.3 Å². The van der Waals surface area contributed by atoms with E-state index in [2.05, 4.69) is 15.1 Å². The third-order valence-corrected chi connectivity index (χ3v) is 4.10. The van der Waals surface area contributed by atoms with Gasteiger partial charge in [0.05, 0.1) is 32.1 Å². The fourth-order valence-corrected chi connectivity index (χ4v) is 2.76. The number of carbonyl (C=O) groups is 1. The van der Waals surface area contributed by atoms with Crippen LogP contribution in [-0.2, 0) is 14.3 Å². The zero-order chi connectivity index (χ0) is 16.1. The van der Waals surface area contributed by atoms with Crippen LogP contribution in [0.5, 0.6) is 0 Å². The molecule has 0 aliphatic carbocycles. The van der Waals surface area contributed by atoms with E-state index in [1.54, 1.807) is 0 Å². The van der Waals surface area contributed by atoms with Crippen LogP contribution in [0.15, 0.2) is 12.1 Å². The van der Waals surface area contributed by atoms with Crippen LogP contribution in [0.4, 0.5) is 17.3 Å². The Bertz CT molecular complexity index is 540. The molecule has 7 nitrogen and oxygen atoms in total. The molecule has 0 unspecified atom stereocenters. The lowest BCUT2D eigenvalue weighted by Gasteiger charge is -2.32. The Kier molecular flexibility index (Phi) is 5.30. The molecule has 1 N–H and O–H groups in total. The first-order valence-electron chi connectivity index (χ1n) is 8.24. The molecule has 0 atom stereocenters. The summed E-state index contributed by atoms with van der Waals surface area (Å²) in [5.41, 5.74) is 0.774. The van der Waals surface area contributed by atoms with Crippen molar-refractivity contribution in [2.24, 2.45) is 0 Å². The second-order valence-corrected chi connectivity index (χ2v) is 5.64. The number of nitrogens with one attached hydrogen (secondary N) is 1. The van der Waals surface area contributed by atoms with Crippen molar-refractivity contribution in [2.75, 3.05) is 67.7 Å². The number of ether oxygens (including phenoxy) is 2. The number of hydrogen-bond donors (Lipinski definition) is 1. The molecule has 0 spiro atoms. The molecule has 2 aliphatic heterocycles. The van der Waals surface area contributed by atoms with E-state index in [9.17, 15) is 4.79 Å². The minimum absolute atomic E-state index is 0.000400. The molecule has 0 radical (unpaired) electrons. The predicted octanol–water partition coefficient (Wildman–Crippen LogP) is 1.10. The highest BCUT2D eigenvalue weighted by atomic mass is 16.5. The van der Waals surface area contributed by atoms with Gasteiger partial charge in [-0.2, -0.15) is 0 Å². The van der Waals surface area contributed by atoms with Crippen LogP contribution in [0.3, 0.4) is 0 Å². The van der Waals surface area contributed by atoms with Crippen LogP contribution in [-0.4, -0.2) is 63.5 Å². The number of anilines is 3. The van der Waals surface area contributed by atoms with Gasteiger partial charge in [-0.05, 0) is 12.1 Å². The smallest absolute Gasteiger partial charge is 0.224 e. The lowest BCUT2D eigenvalue weighted by Crippen LogP contribution is -2.39. The van der Waals surface area contributed by atoms with Crippen molar-refractivity contribution in [1.82, 2.24) is 4.98 Å². The van der Waals surface area contributed by atoms with Crippen molar-refractivity contribution in [3.63, 3.8) is 0 Å². The van der Waals surface area contributed by atoms with Gasteiger partial charge in [-0.25, -0.2) is 4.98 Å². The summed E-state index contributed by atoms with van der Waals surface area (Å²) in [5, 5.41) is 2.96. The summed E-state index contributed by atoms with van der Waals surface area (Å²) in [5.74, 6) is 1.77. The number of nitrogens with zero attached hydrogens (tertiary/aromatic N) is 3. The van der Waals surface area contributed by atoms with Crippen LogP contribution >= 0.6 is 0 Å². The van der Waals surface area contributed by atoms with E-state index in [0.717, 1.165) is 56.7 Å². The lowest BCUT2D eigenvalue weighted by atomic mass is 10.3. The summed E-state index contributed by atoms with van der Waals surface area (Å²) >= 11 is 0. The van der Waals surface area contributed by atoms with Gasteiger partial charge in [-0.1, -0.05) is 6.92 Å². The van der Waals surface area contributed by atoms with Gasteiger partial charge in [0.1, 0.15) is 5.82 Å². The highest BCUT2D eigenvalue weighted by Crippen LogP contribution is 2.28. The van der Waals surface area contributed by atoms with Gasteiger partial charge >= 0.3 is 0 Å². The van der Waals surface area contributed by atoms with E-state index in [1.807, 2.05) is 19.1 Å². The highest BCUT2D eigenvalue weighted by molar-refractivity contribution is 5.93. The molecule has 3 heterocycles. The zero-order valence-corrected chi connectivity index (χ0v) is 13.6. The molecule has 2 saturated heterocycles. The number of morpholine rings is 2. The monoisotopic (exact) mass is 320 g/mol. The number of aromatic nitrogens is 1. The first kappa shape index (κ1) is 16.0. The molecular formula is C16H24N4O3. The molecule has 0 saturated carbocycles. The number of carbonyl (C=O) groups excluding carboxylic acids is 1. The second kappa shape index (κ2) is 7.61. The van der Waals surface area contributed by atoms with Gasteiger partial charge in [-0.3, -0.25) is 4.79 Å². The number of pyridine rings is 1. The molecule has 0 bridgehead atoms. The summed E-state index contributed by atoms with van der Waals surface area (Å²) in [4.78, 5) is 21.0. The van der Waals surface area contributed by atoms with Crippen LogP contribution in [0.2, 0.25) is 0 Å². The minimum atomic E-state index is 0.000400. The van der Waals surface area contributed by atoms with Crippen molar-refractivity contribution in [3.8, 4) is 0 Å². The Hall–Kier alpha value is -1.86. The van der Waals surface area contributed by atoms with Gasteiger partial charge in [0.2, 0.25) is 5.91 Å². The van der Waals surface area contributed by atoms with Crippen molar-refractivity contribution >= 4 is 23.2 Å². The molecular weight excluding hydrogens is 296 g/mol. The number of hydrogen-bond acceptors (Lipinski definition) is 6. The Morgan fingerprint density at radius 3 is 2.30 bits per heavy atom. The average Bonchev–Trinajstić information content (AvgIpc) is 2.63. The molecule has 3 rings (SSSR count). The minimum Gasteiger partial charge on any atom is -0.378 e. The standard InChI is InChI=1S/C16H24N4O3/c1-2-15(21)17-13-3-4-14(19-5-9-22-10-6-19)18-16(13)20-7-11-23-12-8-20/h3-4H,2,5-12H2,1H3,(H,17,21). The fraction of sp³-hybridized carbons (Fsp3) is 0.625. The van der Waals surface area contributed by atoms with Crippen molar-refractivity contribution in [3.05, 3.63) is 12.1 Å². The predicted molar refractivity (Wildman–Crippen MR) is 89.2 cm³/mol. The van der Waals surface area contributed by atoms with Gasteiger partial charge in [0.15, 0.2) is 5.82 Å². The number of rotatable bonds is 4. The largest absolute Gasteiger partial charge is 0.378 e. The normalized spacial score (nSPS) is 18.8. The van der Waals surface area contributed by atoms with E-state index in [4.69, 9.17) is 14.5 Å². The summed E-state index contributed by atoms with van der Waals surface area (Å²) in [6.07, 6.45) is 0.452. The molecule has 2 fully saturated rings. The van der Waals surface area contributed by atoms with Crippen LogP contribution < -0.4 is 15.1 Å². The quantitative estimate of drug-likeness (QED) is 0.896. The van der Waals surface area contributed by atoms with Gasteiger partial charge in [0, 0.05) is 32.6 Å². The summed E-state index contributed by atoms with van der Waals surface area (Å²) < 4.78 is 10.8. The van der Waals surface area contributed by atoms with Crippen LogP contribution in [0, 0.1) is 0 Å². The molecule has 1 aromatic rings. The summed E-state index contributed by atoms with van der Waals surface area (Å²) in [6, 6.07) is 3.93. The summed E-state index contributed by atoms with van der Waals surface area (Å²) in [6.45, 7) is 7.93. The molecule has 126 valence electrons. The lowest BCUT2D eigenvalue weighted by molar-refractivity contribution is -0.115. The van der Waals surface area contributed by atoms with Crippen LogP contribution in [0.25, 0.3) is 0 Å². The summed E-state index contributed by atoms with van der Waals surface area (Å²) in [7, 11) is 0. The van der Waals surface area contributed by atoms with E-state index in [0.29, 0.717) is 19.6 Å². The second-order valence-electron chi connectivity index (χ2n) is 5.64. The molecule has 2 aliphatic rings. The van der Waals surface area contributed by atoms with Crippen molar-refractivity contribution in [1.29, 1.82) is 0 Å². The Labute approximate surface area is 136 Å². The van der Waals surface area contributed by atoms with E-state index >= 15 is 0 Å². The molecule has 7 heteroatoms. The third kappa shape index (κ3) is 3.92. The Balaban J connectivity index is 1.87. The topological polar surface area (TPSA) is 66.9 Å². The molecule has 0 aromatic carbocycles. The SMILES string of the molecule is CCC(=O)Nc1ccc(N2CCOCC2)nc1N1CCOCC1. The third-order valence-electron chi connectivity index (χ3n) is 4.10. The Morgan fingerprint density at radius 2 is 1.70 bits per heavy atom. The molecule has 23 heavy (non-hydrogen) atoms. The zero-order valence-electron chi connectivity index (χ0n) is 13.6. The van der Waals surface area contributed by atoms with Crippen LogP contribution in [0.1, 0.15) is 13.3 Å². The average molecular weight is 320 g/mol. The fourth-order valence-electron chi connectivity index (χ4n) is 2.76. The molecule has 1 aromatic heterocycles. The molecule has 1 amide bonds. The van der Waals surface area contributed by atoms with E-state index < -0.39 is 0 Å². The van der Waals surface area contributed by atoms with Gasteiger partial charge < -0.3 is 24.6 Å². The van der Waals surface area contributed by atoms with Crippen molar-refractivity contribution in [2.45, 2.75) is 13.3 Å². The highest BCUT2D eigenvalue weighted by Gasteiger charge is 2.20. The maximum Gasteiger partial charge on any atom is 0.224 e. The maximum absolute atomic E-state index is 11.8. The first-order valence-corrected chi connectivity index (χ1v) is 8.24. The first-order chi connectivity index (χ1) is 11.3. The van der Waals surface area contributed by atoms with E-state index in [-0.39, 0.29) is 5.91 Å². The Morgan fingerprint density at radius 1 is 1.09 bits per heavy atom. The van der Waals surface area contributed by atoms with Gasteiger partial charge in [0.25, 0.3) is 0 Å².